The number of nitrogens with zero attached hydrogens (tertiary/aromatic N) is 1. The van der Waals surface area contributed by atoms with Crippen LogP contribution in [0.2, 0.25) is 0 Å². The molecule has 0 aliphatic carbocycles. The van der Waals surface area contributed by atoms with Gasteiger partial charge in [-0.3, -0.25) is 4.90 Å². The average Bonchev–Trinajstić information content (AvgIpc) is 2.93. The average molecular weight is 296 g/mol. The van der Waals surface area contributed by atoms with Crippen LogP contribution < -0.4 is 5.73 Å². The van der Waals surface area contributed by atoms with E-state index in [2.05, 4.69) is 18.7 Å². The summed E-state index contributed by atoms with van der Waals surface area (Å²) < 4.78 is 25.8. The molecule has 1 fully saturated rings. The highest BCUT2D eigenvalue weighted by molar-refractivity contribution is 5.27. The van der Waals surface area contributed by atoms with Gasteiger partial charge in [0.15, 0.2) is 0 Å². The topological polar surface area (TPSA) is 29.3 Å². The van der Waals surface area contributed by atoms with Crippen molar-refractivity contribution < 1.29 is 8.78 Å². The molecular weight excluding hydrogens is 270 g/mol. The molecule has 0 aromatic heterocycles. The number of alkyl halides is 2. The maximum absolute atomic E-state index is 12.9. The molecule has 4 heteroatoms. The zero-order chi connectivity index (χ0) is 15.5. The lowest BCUT2D eigenvalue weighted by Crippen LogP contribution is -2.34. The first-order valence-corrected chi connectivity index (χ1v) is 7.87. The Morgan fingerprint density at radius 2 is 1.90 bits per heavy atom. The van der Waals surface area contributed by atoms with Crippen LogP contribution in [0, 0.1) is 5.41 Å². The van der Waals surface area contributed by atoms with Crippen molar-refractivity contribution in [2.45, 2.75) is 45.6 Å². The number of halogens is 2. The van der Waals surface area contributed by atoms with Gasteiger partial charge in [0.2, 0.25) is 0 Å². The lowest BCUT2D eigenvalue weighted by Gasteiger charge is -2.31. The molecule has 0 bridgehead atoms. The molecule has 0 radical (unpaired) electrons. The Morgan fingerprint density at radius 1 is 1.24 bits per heavy atom. The van der Waals surface area contributed by atoms with E-state index in [-0.39, 0.29) is 11.6 Å². The summed E-state index contributed by atoms with van der Waals surface area (Å²) >= 11 is 0. The second-order valence-corrected chi connectivity index (χ2v) is 6.15. The number of nitrogens with two attached hydrogens (primary N) is 1. The first-order chi connectivity index (χ1) is 10.0. The lowest BCUT2D eigenvalue weighted by atomic mass is 9.82. The van der Waals surface area contributed by atoms with Crippen LogP contribution in [0.3, 0.4) is 0 Å². The number of hydrogen-bond acceptors (Lipinski definition) is 2. The van der Waals surface area contributed by atoms with Gasteiger partial charge in [0, 0.05) is 24.7 Å². The third-order valence-corrected chi connectivity index (χ3v) is 5.18. The maximum Gasteiger partial charge on any atom is 0.263 e. The third-order valence-electron chi connectivity index (χ3n) is 5.18. The van der Waals surface area contributed by atoms with Gasteiger partial charge in [-0.2, -0.15) is 0 Å². The molecule has 21 heavy (non-hydrogen) atoms. The van der Waals surface area contributed by atoms with Crippen LogP contribution in [0.25, 0.3) is 0 Å². The van der Waals surface area contributed by atoms with Gasteiger partial charge in [-0.1, -0.05) is 32.0 Å². The smallest absolute Gasteiger partial charge is 0.263 e. The Kier molecular flexibility index (Phi) is 5.33. The van der Waals surface area contributed by atoms with E-state index < -0.39 is 6.43 Å². The fourth-order valence-corrected chi connectivity index (χ4v) is 3.46. The molecule has 2 nitrogen and oxygen atoms in total. The van der Waals surface area contributed by atoms with Gasteiger partial charge in [0.05, 0.1) is 0 Å². The molecular formula is C17H26F2N2. The van der Waals surface area contributed by atoms with E-state index in [0.717, 1.165) is 31.5 Å². The van der Waals surface area contributed by atoms with Crippen molar-refractivity contribution in [3.05, 3.63) is 35.4 Å². The van der Waals surface area contributed by atoms with Crippen LogP contribution in [0.5, 0.6) is 0 Å². The molecule has 1 aromatic rings. The van der Waals surface area contributed by atoms with Crippen molar-refractivity contribution in [2.75, 3.05) is 19.6 Å². The van der Waals surface area contributed by atoms with Gasteiger partial charge in [0.25, 0.3) is 6.43 Å². The monoisotopic (exact) mass is 296 g/mol. The Labute approximate surface area is 126 Å². The van der Waals surface area contributed by atoms with Crippen molar-refractivity contribution in [1.82, 2.24) is 4.90 Å². The van der Waals surface area contributed by atoms with Crippen LogP contribution in [0.4, 0.5) is 8.78 Å². The summed E-state index contributed by atoms with van der Waals surface area (Å²) in [7, 11) is 0. The second-order valence-electron chi connectivity index (χ2n) is 6.15. The third kappa shape index (κ3) is 3.43. The Hall–Kier alpha value is -1.00. The zero-order valence-corrected chi connectivity index (χ0v) is 13.0. The van der Waals surface area contributed by atoms with Gasteiger partial charge in [-0.05, 0) is 42.9 Å². The summed E-state index contributed by atoms with van der Waals surface area (Å²) in [5.41, 5.74) is 7.32. The summed E-state index contributed by atoms with van der Waals surface area (Å²) in [6.45, 7) is 6.96. The summed E-state index contributed by atoms with van der Waals surface area (Å²) in [5.74, 6) is 0. The first kappa shape index (κ1) is 16.4. The quantitative estimate of drug-likeness (QED) is 0.855. The van der Waals surface area contributed by atoms with E-state index in [1.807, 2.05) is 6.07 Å². The summed E-state index contributed by atoms with van der Waals surface area (Å²) in [4.78, 5) is 2.37. The normalized spacial score (nSPS) is 20.1. The highest BCUT2D eigenvalue weighted by Gasteiger charge is 2.37. The van der Waals surface area contributed by atoms with E-state index in [0.29, 0.717) is 12.0 Å². The van der Waals surface area contributed by atoms with Crippen LogP contribution in [-0.4, -0.2) is 24.5 Å². The molecule has 1 saturated heterocycles. The van der Waals surface area contributed by atoms with E-state index in [9.17, 15) is 8.78 Å². The number of rotatable bonds is 6. The number of benzene rings is 1. The van der Waals surface area contributed by atoms with Gasteiger partial charge < -0.3 is 5.73 Å². The fourth-order valence-electron chi connectivity index (χ4n) is 3.46. The molecule has 118 valence electrons. The van der Waals surface area contributed by atoms with Crippen LogP contribution in [0.1, 0.15) is 56.7 Å². The predicted octanol–water partition coefficient (Wildman–Crippen LogP) is 4.14. The summed E-state index contributed by atoms with van der Waals surface area (Å²) in [6, 6.07) is 6.77. The molecule has 0 amide bonds. The zero-order valence-electron chi connectivity index (χ0n) is 13.0. The van der Waals surface area contributed by atoms with E-state index in [1.165, 1.54) is 12.5 Å². The molecule has 1 atom stereocenters. The molecule has 0 spiro atoms. The van der Waals surface area contributed by atoms with Crippen molar-refractivity contribution in [3.8, 4) is 0 Å². The molecule has 2 rings (SSSR count). The van der Waals surface area contributed by atoms with Crippen molar-refractivity contribution >= 4 is 0 Å². The standard InChI is InChI=1S/C17H26F2N2/c1-3-17(4-2)8-9-21(12-17)15(11-20)13-6-5-7-14(10-13)16(18)19/h5-7,10,15-16H,3-4,8-9,11-12,20H2,1-2H3. The van der Waals surface area contributed by atoms with Gasteiger partial charge in [0.1, 0.15) is 0 Å². The van der Waals surface area contributed by atoms with Gasteiger partial charge in [-0.15, -0.1) is 0 Å². The van der Waals surface area contributed by atoms with Crippen molar-refractivity contribution in [1.29, 1.82) is 0 Å². The highest BCUT2D eigenvalue weighted by Crippen LogP contribution is 2.40. The Bertz CT molecular complexity index is 458. The number of likely N-dealkylation sites (tertiary alicyclic amines) is 1. The van der Waals surface area contributed by atoms with E-state index in [1.54, 1.807) is 12.1 Å². The summed E-state index contributed by atoms with van der Waals surface area (Å²) in [5, 5.41) is 0. The number of hydrogen-bond donors (Lipinski definition) is 1. The van der Waals surface area contributed by atoms with Gasteiger partial charge >= 0.3 is 0 Å². The van der Waals surface area contributed by atoms with Crippen LogP contribution in [0.15, 0.2) is 24.3 Å². The SMILES string of the molecule is CCC1(CC)CCN(C(CN)c2cccc(C(F)F)c2)C1. The molecule has 1 heterocycles. The summed E-state index contributed by atoms with van der Waals surface area (Å²) in [6.07, 6.45) is 1.07. The Balaban J connectivity index is 2.19. The minimum atomic E-state index is -2.42. The van der Waals surface area contributed by atoms with Gasteiger partial charge in [-0.25, -0.2) is 8.78 Å². The molecule has 1 aromatic carbocycles. The fraction of sp³-hybridized carbons (Fsp3) is 0.647. The minimum Gasteiger partial charge on any atom is -0.329 e. The van der Waals surface area contributed by atoms with Crippen LogP contribution in [-0.2, 0) is 0 Å². The van der Waals surface area contributed by atoms with Crippen molar-refractivity contribution in [3.63, 3.8) is 0 Å². The first-order valence-electron chi connectivity index (χ1n) is 7.87. The predicted molar refractivity (Wildman–Crippen MR) is 82.4 cm³/mol. The van der Waals surface area contributed by atoms with Crippen molar-refractivity contribution in [2.24, 2.45) is 11.1 Å². The van der Waals surface area contributed by atoms with E-state index >= 15 is 0 Å². The van der Waals surface area contributed by atoms with E-state index in [4.69, 9.17) is 5.73 Å². The van der Waals surface area contributed by atoms with Crippen LogP contribution >= 0.6 is 0 Å². The highest BCUT2D eigenvalue weighted by atomic mass is 19.3. The minimum absolute atomic E-state index is 0.0451. The molecule has 0 saturated carbocycles. The molecule has 1 unspecified atom stereocenters. The molecule has 1 aliphatic rings. The second kappa shape index (κ2) is 6.84. The Morgan fingerprint density at radius 3 is 2.43 bits per heavy atom. The largest absolute Gasteiger partial charge is 0.329 e. The molecule has 1 aliphatic heterocycles. The molecule has 2 N–H and O–H groups in total. The lowest BCUT2D eigenvalue weighted by molar-refractivity contribution is 0.150. The maximum atomic E-state index is 12.9.